The van der Waals surface area contributed by atoms with Gasteiger partial charge in [-0.1, -0.05) is 5.16 Å². The number of carboxylic acid groups (broad SMARTS) is 1. The van der Waals surface area contributed by atoms with Crippen LogP contribution < -0.4 is 4.74 Å². The summed E-state index contributed by atoms with van der Waals surface area (Å²) in [6.07, 6.45) is 0. The van der Waals surface area contributed by atoms with E-state index in [-0.39, 0.29) is 5.69 Å². The lowest BCUT2D eigenvalue weighted by atomic mass is 10.1. The Bertz CT molecular complexity index is 606. The highest BCUT2D eigenvalue weighted by Crippen LogP contribution is 2.33. The highest BCUT2D eigenvalue weighted by molar-refractivity contribution is 9.10. The number of carboxylic acids is 1. The number of benzene rings is 1. The van der Waals surface area contributed by atoms with Gasteiger partial charge in [-0.15, -0.1) is 0 Å². The first kappa shape index (κ1) is 12.6. The first-order valence-electron chi connectivity index (χ1n) is 5.08. The topological polar surface area (TPSA) is 72.6 Å². The van der Waals surface area contributed by atoms with Crippen molar-refractivity contribution < 1.29 is 19.2 Å². The van der Waals surface area contributed by atoms with Crippen molar-refractivity contribution >= 4 is 21.9 Å². The van der Waals surface area contributed by atoms with Gasteiger partial charge in [-0.3, -0.25) is 0 Å². The van der Waals surface area contributed by atoms with Crippen molar-refractivity contribution in [2.75, 3.05) is 7.11 Å². The molecule has 0 saturated heterocycles. The van der Waals surface area contributed by atoms with E-state index in [1.165, 1.54) is 0 Å². The summed E-state index contributed by atoms with van der Waals surface area (Å²) in [7, 11) is 1.59. The Kier molecular flexibility index (Phi) is 3.38. The third-order valence-corrected chi connectivity index (χ3v) is 3.23. The Morgan fingerprint density at radius 2 is 2.22 bits per heavy atom. The van der Waals surface area contributed by atoms with Gasteiger partial charge in [0.15, 0.2) is 5.76 Å². The number of hydrogen-bond acceptors (Lipinski definition) is 4. The molecule has 0 aliphatic rings. The first-order valence-corrected chi connectivity index (χ1v) is 5.87. The van der Waals surface area contributed by atoms with Crippen molar-refractivity contribution in [2.24, 2.45) is 0 Å². The quantitative estimate of drug-likeness (QED) is 0.942. The number of aromatic carboxylic acids is 1. The number of methoxy groups -OCH3 is 1. The van der Waals surface area contributed by atoms with Crippen molar-refractivity contribution in [1.82, 2.24) is 5.16 Å². The fourth-order valence-electron chi connectivity index (χ4n) is 1.61. The second kappa shape index (κ2) is 4.81. The van der Waals surface area contributed by atoms with Crippen LogP contribution in [0.5, 0.6) is 5.75 Å². The van der Waals surface area contributed by atoms with E-state index < -0.39 is 5.97 Å². The number of carbonyl (C=O) groups is 1. The van der Waals surface area contributed by atoms with E-state index in [1.54, 1.807) is 19.2 Å². The van der Waals surface area contributed by atoms with Gasteiger partial charge in [-0.25, -0.2) is 4.79 Å². The van der Waals surface area contributed by atoms with Crippen LogP contribution in [0.25, 0.3) is 11.3 Å². The molecule has 1 N–H and O–H groups in total. The molecule has 1 aromatic carbocycles. The van der Waals surface area contributed by atoms with Crippen LogP contribution >= 0.6 is 15.9 Å². The molecule has 5 nitrogen and oxygen atoms in total. The molecule has 0 amide bonds. The van der Waals surface area contributed by atoms with E-state index in [4.69, 9.17) is 14.4 Å². The largest absolute Gasteiger partial charge is 0.496 e. The standard InChI is InChI=1S/C12H10BrNO4/c1-6-5-7(3-4-8(6)17-2)11-9(13)10(12(15)16)14-18-11/h3-5H,1-2H3,(H,15,16). The van der Waals surface area contributed by atoms with Gasteiger partial charge in [0.1, 0.15) is 10.2 Å². The van der Waals surface area contributed by atoms with Crippen LogP contribution in [-0.2, 0) is 0 Å². The van der Waals surface area contributed by atoms with Crippen molar-refractivity contribution in [3.63, 3.8) is 0 Å². The van der Waals surface area contributed by atoms with Gasteiger partial charge in [0, 0.05) is 5.56 Å². The first-order chi connectivity index (χ1) is 8.54. The van der Waals surface area contributed by atoms with Crippen LogP contribution in [0.3, 0.4) is 0 Å². The smallest absolute Gasteiger partial charge is 0.359 e. The predicted octanol–water partition coefficient (Wildman–Crippen LogP) is 3.12. The van der Waals surface area contributed by atoms with Gasteiger partial charge < -0.3 is 14.4 Å². The zero-order valence-corrected chi connectivity index (χ0v) is 11.3. The minimum atomic E-state index is -1.14. The van der Waals surface area contributed by atoms with E-state index in [1.807, 2.05) is 13.0 Å². The molecule has 0 aliphatic heterocycles. The number of ether oxygens (including phenoxy) is 1. The molecular weight excluding hydrogens is 302 g/mol. The number of aromatic nitrogens is 1. The number of nitrogens with zero attached hydrogens (tertiary/aromatic N) is 1. The van der Waals surface area contributed by atoms with Crippen molar-refractivity contribution in [3.05, 3.63) is 33.9 Å². The lowest BCUT2D eigenvalue weighted by Crippen LogP contribution is -1.96. The summed E-state index contributed by atoms with van der Waals surface area (Å²) in [5.74, 6) is 0.00751. The summed E-state index contributed by atoms with van der Waals surface area (Å²) in [4.78, 5) is 10.9. The number of halogens is 1. The fraction of sp³-hybridized carbons (Fsp3) is 0.167. The van der Waals surface area contributed by atoms with Crippen LogP contribution in [0.15, 0.2) is 27.2 Å². The van der Waals surface area contributed by atoms with Crippen LogP contribution in [0.1, 0.15) is 16.1 Å². The Morgan fingerprint density at radius 1 is 1.50 bits per heavy atom. The SMILES string of the molecule is COc1ccc(-c2onc(C(=O)O)c2Br)cc1C. The summed E-state index contributed by atoms with van der Waals surface area (Å²) in [5.41, 5.74) is 1.52. The van der Waals surface area contributed by atoms with Crippen molar-refractivity contribution in [1.29, 1.82) is 0 Å². The molecule has 0 aliphatic carbocycles. The van der Waals surface area contributed by atoms with Crippen molar-refractivity contribution in [3.8, 4) is 17.1 Å². The lowest BCUT2D eigenvalue weighted by Gasteiger charge is -2.05. The van der Waals surface area contributed by atoms with E-state index in [2.05, 4.69) is 21.1 Å². The number of aryl methyl sites for hydroxylation is 1. The molecule has 2 aromatic rings. The predicted molar refractivity (Wildman–Crippen MR) is 67.9 cm³/mol. The zero-order valence-electron chi connectivity index (χ0n) is 9.73. The Morgan fingerprint density at radius 3 is 2.72 bits per heavy atom. The normalized spacial score (nSPS) is 10.4. The van der Waals surface area contributed by atoms with Gasteiger partial charge in [0.05, 0.1) is 7.11 Å². The van der Waals surface area contributed by atoms with E-state index >= 15 is 0 Å². The molecule has 0 fully saturated rings. The van der Waals surface area contributed by atoms with Gasteiger partial charge in [0.25, 0.3) is 0 Å². The third kappa shape index (κ3) is 2.11. The summed E-state index contributed by atoms with van der Waals surface area (Å²) in [6.45, 7) is 1.89. The molecule has 1 heterocycles. The molecule has 1 aromatic heterocycles. The maximum Gasteiger partial charge on any atom is 0.359 e. The van der Waals surface area contributed by atoms with Crippen LogP contribution in [0.2, 0.25) is 0 Å². The number of hydrogen-bond donors (Lipinski definition) is 1. The maximum atomic E-state index is 10.9. The molecule has 6 heteroatoms. The zero-order chi connectivity index (χ0) is 13.3. The molecule has 0 bridgehead atoms. The van der Waals surface area contributed by atoms with E-state index in [9.17, 15) is 4.79 Å². The molecule has 0 atom stereocenters. The molecule has 0 unspecified atom stereocenters. The maximum absolute atomic E-state index is 10.9. The molecular formula is C12H10BrNO4. The molecule has 0 saturated carbocycles. The third-order valence-electron chi connectivity index (χ3n) is 2.50. The Balaban J connectivity index is 2.49. The van der Waals surface area contributed by atoms with E-state index in [0.717, 1.165) is 16.9 Å². The second-order valence-corrected chi connectivity index (χ2v) is 4.46. The molecule has 0 radical (unpaired) electrons. The highest BCUT2D eigenvalue weighted by atomic mass is 79.9. The van der Waals surface area contributed by atoms with Crippen LogP contribution in [0, 0.1) is 6.92 Å². The molecule has 2 rings (SSSR count). The average molecular weight is 312 g/mol. The van der Waals surface area contributed by atoms with Gasteiger partial charge in [-0.05, 0) is 46.6 Å². The van der Waals surface area contributed by atoms with Gasteiger partial charge in [-0.2, -0.15) is 0 Å². The van der Waals surface area contributed by atoms with Crippen molar-refractivity contribution in [2.45, 2.75) is 6.92 Å². The monoisotopic (exact) mass is 311 g/mol. The Labute approximate surface area is 111 Å². The Hall–Kier alpha value is -1.82. The van der Waals surface area contributed by atoms with Gasteiger partial charge >= 0.3 is 5.97 Å². The average Bonchev–Trinajstić information content (AvgIpc) is 2.71. The summed E-state index contributed by atoms with van der Waals surface area (Å²) in [6, 6.07) is 5.42. The fourth-order valence-corrected chi connectivity index (χ4v) is 2.15. The molecule has 18 heavy (non-hydrogen) atoms. The second-order valence-electron chi connectivity index (χ2n) is 3.66. The molecule has 0 spiro atoms. The van der Waals surface area contributed by atoms with E-state index in [0.29, 0.717) is 10.2 Å². The number of rotatable bonds is 3. The summed E-state index contributed by atoms with van der Waals surface area (Å²) in [5, 5.41) is 12.4. The van der Waals surface area contributed by atoms with Crippen LogP contribution in [0.4, 0.5) is 0 Å². The summed E-state index contributed by atoms with van der Waals surface area (Å²) >= 11 is 3.18. The molecule has 94 valence electrons. The minimum absolute atomic E-state index is 0.140. The minimum Gasteiger partial charge on any atom is -0.496 e. The van der Waals surface area contributed by atoms with Gasteiger partial charge in [0.2, 0.25) is 5.69 Å². The lowest BCUT2D eigenvalue weighted by molar-refractivity contribution is 0.0685. The summed E-state index contributed by atoms with van der Waals surface area (Å²) < 4.78 is 10.5. The highest BCUT2D eigenvalue weighted by Gasteiger charge is 2.20. The van der Waals surface area contributed by atoms with Crippen LogP contribution in [-0.4, -0.2) is 23.3 Å².